The lowest BCUT2D eigenvalue weighted by Crippen LogP contribution is -2.26. The molecule has 0 fully saturated rings. The predicted octanol–water partition coefficient (Wildman–Crippen LogP) is 0.584. The molecule has 1 amide bonds. The fourth-order valence-electron chi connectivity index (χ4n) is 1.16. The van der Waals surface area contributed by atoms with Gasteiger partial charge in [-0.15, -0.1) is 0 Å². The molecule has 5 heteroatoms. The number of aromatic nitrogens is 1. The normalized spacial score (nSPS) is 12.5. The van der Waals surface area contributed by atoms with E-state index in [4.69, 9.17) is 10.3 Å². The van der Waals surface area contributed by atoms with Crippen molar-refractivity contribution in [1.29, 1.82) is 0 Å². The minimum atomic E-state index is -0.0120. The van der Waals surface area contributed by atoms with Crippen molar-refractivity contribution in [3.63, 3.8) is 0 Å². The molecule has 0 spiro atoms. The summed E-state index contributed by atoms with van der Waals surface area (Å²) in [6, 6.07) is 1.80. The van der Waals surface area contributed by atoms with E-state index < -0.39 is 0 Å². The summed E-state index contributed by atoms with van der Waals surface area (Å²) in [6.45, 7) is 4.69. The van der Waals surface area contributed by atoms with Gasteiger partial charge in [-0.25, -0.2) is 0 Å². The molecule has 0 saturated carbocycles. The molecule has 1 aromatic heterocycles. The van der Waals surface area contributed by atoms with Crippen molar-refractivity contribution in [2.24, 2.45) is 11.7 Å². The molecule has 0 aliphatic carbocycles. The van der Waals surface area contributed by atoms with Gasteiger partial charge in [-0.05, 0) is 19.4 Å². The Labute approximate surface area is 89.0 Å². The van der Waals surface area contributed by atoms with Gasteiger partial charge in [-0.3, -0.25) is 4.79 Å². The van der Waals surface area contributed by atoms with Gasteiger partial charge in [0, 0.05) is 12.5 Å². The summed E-state index contributed by atoms with van der Waals surface area (Å²) in [5.41, 5.74) is 6.24. The lowest BCUT2D eigenvalue weighted by Gasteiger charge is -2.07. The van der Waals surface area contributed by atoms with E-state index in [1.807, 2.05) is 13.8 Å². The van der Waals surface area contributed by atoms with Crippen molar-refractivity contribution in [1.82, 2.24) is 10.5 Å². The quantitative estimate of drug-likeness (QED) is 0.746. The maximum absolute atomic E-state index is 11.4. The molecule has 1 rings (SSSR count). The highest BCUT2D eigenvalue weighted by molar-refractivity contribution is 5.76. The number of aryl methyl sites for hydroxylation is 1. The monoisotopic (exact) mass is 211 g/mol. The molecule has 5 nitrogen and oxygen atoms in total. The Kier molecular flexibility index (Phi) is 4.30. The summed E-state index contributed by atoms with van der Waals surface area (Å²) in [6.07, 6.45) is 0.448. The summed E-state index contributed by atoms with van der Waals surface area (Å²) < 4.78 is 4.96. The maximum atomic E-state index is 11.4. The first-order valence-electron chi connectivity index (χ1n) is 5.00. The third-order valence-electron chi connectivity index (χ3n) is 2.07. The Morgan fingerprint density at radius 3 is 3.00 bits per heavy atom. The molecule has 15 heavy (non-hydrogen) atoms. The second-order valence-electron chi connectivity index (χ2n) is 3.76. The molecule has 1 unspecified atom stereocenters. The van der Waals surface area contributed by atoms with E-state index in [2.05, 4.69) is 10.5 Å². The van der Waals surface area contributed by atoms with Crippen molar-refractivity contribution in [2.45, 2.75) is 26.8 Å². The van der Waals surface area contributed by atoms with Crippen LogP contribution in [-0.4, -0.2) is 17.6 Å². The number of carbonyl (C=O) groups is 1. The van der Waals surface area contributed by atoms with E-state index in [1.54, 1.807) is 6.07 Å². The van der Waals surface area contributed by atoms with Crippen molar-refractivity contribution in [3.05, 3.63) is 17.5 Å². The van der Waals surface area contributed by atoms with Crippen LogP contribution in [0.15, 0.2) is 10.6 Å². The first-order chi connectivity index (χ1) is 7.11. The Bertz CT molecular complexity index is 322. The van der Waals surface area contributed by atoms with Gasteiger partial charge in [0.15, 0.2) is 5.76 Å². The standard InChI is InChI=1S/C10H17N3O2/c1-7(5-11)3-10(14)12-6-9-4-8(2)13-15-9/h4,7H,3,5-6,11H2,1-2H3,(H,12,14). The number of hydrogen-bond donors (Lipinski definition) is 2. The Morgan fingerprint density at radius 1 is 1.73 bits per heavy atom. The van der Waals surface area contributed by atoms with Crippen LogP contribution < -0.4 is 11.1 Å². The number of hydrogen-bond acceptors (Lipinski definition) is 4. The van der Waals surface area contributed by atoms with Gasteiger partial charge in [0.05, 0.1) is 12.2 Å². The Morgan fingerprint density at radius 2 is 2.47 bits per heavy atom. The van der Waals surface area contributed by atoms with Gasteiger partial charge < -0.3 is 15.6 Å². The van der Waals surface area contributed by atoms with Crippen LogP contribution in [0.4, 0.5) is 0 Å². The second-order valence-corrected chi connectivity index (χ2v) is 3.76. The molecule has 1 heterocycles. The van der Waals surface area contributed by atoms with E-state index >= 15 is 0 Å². The summed E-state index contributed by atoms with van der Waals surface area (Å²) >= 11 is 0. The van der Waals surface area contributed by atoms with Crippen LogP contribution in [0.2, 0.25) is 0 Å². The van der Waals surface area contributed by atoms with E-state index in [9.17, 15) is 4.79 Å². The zero-order chi connectivity index (χ0) is 11.3. The number of nitrogens with two attached hydrogens (primary N) is 1. The summed E-state index contributed by atoms with van der Waals surface area (Å²) in [5.74, 6) is 0.865. The summed E-state index contributed by atoms with van der Waals surface area (Å²) in [5, 5.41) is 6.47. The Hall–Kier alpha value is -1.36. The highest BCUT2D eigenvalue weighted by Gasteiger charge is 2.08. The molecule has 3 N–H and O–H groups in total. The minimum absolute atomic E-state index is 0.0120. The minimum Gasteiger partial charge on any atom is -0.359 e. The van der Waals surface area contributed by atoms with Gasteiger partial charge in [0.25, 0.3) is 0 Å². The largest absolute Gasteiger partial charge is 0.359 e. The molecule has 0 radical (unpaired) electrons. The lowest BCUT2D eigenvalue weighted by molar-refractivity contribution is -0.122. The average molecular weight is 211 g/mol. The SMILES string of the molecule is Cc1cc(CNC(=O)CC(C)CN)on1. The van der Waals surface area contributed by atoms with Crippen molar-refractivity contribution in [2.75, 3.05) is 6.54 Å². The van der Waals surface area contributed by atoms with E-state index in [-0.39, 0.29) is 11.8 Å². The highest BCUT2D eigenvalue weighted by atomic mass is 16.5. The molecule has 1 atom stereocenters. The molecule has 0 bridgehead atoms. The van der Waals surface area contributed by atoms with E-state index in [0.29, 0.717) is 25.3 Å². The average Bonchev–Trinajstić information content (AvgIpc) is 2.61. The number of amides is 1. The van der Waals surface area contributed by atoms with Crippen molar-refractivity contribution >= 4 is 5.91 Å². The van der Waals surface area contributed by atoms with Crippen LogP contribution in [0.25, 0.3) is 0 Å². The van der Waals surface area contributed by atoms with Crippen molar-refractivity contribution in [3.8, 4) is 0 Å². The van der Waals surface area contributed by atoms with E-state index in [0.717, 1.165) is 5.69 Å². The van der Waals surface area contributed by atoms with Crippen LogP contribution in [-0.2, 0) is 11.3 Å². The van der Waals surface area contributed by atoms with Crippen LogP contribution in [0.1, 0.15) is 24.8 Å². The second kappa shape index (κ2) is 5.50. The van der Waals surface area contributed by atoms with Gasteiger partial charge in [0.1, 0.15) is 0 Å². The molecular weight excluding hydrogens is 194 g/mol. The van der Waals surface area contributed by atoms with E-state index in [1.165, 1.54) is 0 Å². The predicted molar refractivity (Wildman–Crippen MR) is 55.9 cm³/mol. The lowest BCUT2D eigenvalue weighted by atomic mass is 10.1. The third-order valence-corrected chi connectivity index (χ3v) is 2.07. The third kappa shape index (κ3) is 4.12. The first kappa shape index (κ1) is 11.7. The molecule has 1 aromatic rings. The maximum Gasteiger partial charge on any atom is 0.220 e. The Balaban J connectivity index is 2.28. The zero-order valence-electron chi connectivity index (χ0n) is 9.12. The molecule has 0 aromatic carbocycles. The summed E-state index contributed by atoms with van der Waals surface area (Å²) in [4.78, 5) is 11.4. The number of carbonyl (C=O) groups excluding carboxylic acids is 1. The van der Waals surface area contributed by atoms with Gasteiger partial charge in [-0.2, -0.15) is 0 Å². The fourth-order valence-corrected chi connectivity index (χ4v) is 1.16. The van der Waals surface area contributed by atoms with Crippen LogP contribution in [0.5, 0.6) is 0 Å². The smallest absolute Gasteiger partial charge is 0.220 e. The number of rotatable bonds is 5. The molecule has 84 valence electrons. The van der Waals surface area contributed by atoms with Gasteiger partial charge >= 0.3 is 0 Å². The number of nitrogens with zero attached hydrogens (tertiary/aromatic N) is 1. The topological polar surface area (TPSA) is 81.2 Å². The summed E-state index contributed by atoms with van der Waals surface area (Å²) in [7, 11) is 0. The molecule has 0 saturated heterocycles. The zero-order valence-corrected chi connectivity index (χ0v) is 9.12. The van der Waals surface area contributed by atoms with Crippen LogP contribution >= 0.6 is 0 Å². The van der Waals surface area contributed by atoms with Gasteiger partial charge in [0.2, 0.25) is 5.91 Å². The molecule has 0 aliphatic heterocycles. The highest BCUT2D eigenvalue weighted by Crippen LogP contribution is 2.02. The first-order valence-corrected chi connectivity index (χ1v) is 5.00. The molecular formula is C10H17N3O2. The molecule has 0 aliphatic rings. The van der Waals surface area contributed by atoms with Gasteiger partial charge in [-0.1, -0.05) is 12.1 Å². The fraction of sp³-hybridized carbons (Fsp3) is 0.600. The van der Waals surface area contributed by atoms with Crippen molar-refractivity contribution < 1.29 is 9.32 Å². The van der Waals surface area contributed by atoms with Crippen LogP contribution in [0, 0.1) is 12.8 Å². The van der Waals surface area contributed by atoms with Crippen LogP contribution in [0.3, 0.4) is 0 Å². The number of nitrogens with one attached hydrogen (secondary N) is 1.